The summed E-state index contributed by atoms with van der Waals surface area (Å²) >= 11 is 0. The fourth-order valence-corrected chi connectivity index (χ4v) is 3.45. The van der Waals surface area contributed by atoms with Gasteiger partial charge < -0.3 is 10.1 Å². The fourth-order valence-electron chi connectivity index (χ4n) is 3.45. The molecule has 3 rings (SSSR count). The molecule has 1 heterocycles. The summed E-state index contributed by atoms with van der Waals surface area (Å²) in [6.45, 7) is 3.24. The number of nitrogens with zero attached hydrogens (tertiary/aromatic N) is 2. The van der Waals surface area contributed by atoms with Crippen LogP contribution in [-0.2, 0) is 20.7 Å². The Morgan fingerprint density at radius 1 is 1.16 bits per heavy atom. The molecule has 0 aliphatic carbocycles. The summed E-state index contributed by atoms with van der Waals surface area (Å²) in [5.41, 5.74) is 0.988. The monoisotopic (exact) mass is 423 g/mol. The van der Waals surface area contributed by atoms with Gasteiger partial charge >= 0.3 is 12.0 Å². The summed E-state index contributed by atoms with van der Waals surface area (Å²) in [7, 11) is 0. The molecule has 1 aliphatic rings. The number of nitro benzene ring substituents is 1. The van der Waals surface area contributed by atoms with Gasteiger partial charge in [0.05, 0.1) is 23.5 Å². The molecule has 0 spiro atoms. The van der Waals surface area contributed by atoms with Gasteiger partial charge in [-0.15, -0.1) is 0 Å². The molecular weight excluding hydrogens is 402 g/mol. The minimum atomic E-state index is -1.16. The van der Waals surface area contributed by atoms with Crippen molar-refractivity contribution in [3.8, 4) is 0 Å². The molecule has 0 fully saturated rings. The molecule has 160 valence electrons. The summed E-state index contributed by atoms with van der Waals surface area (Å²) < 4.78 is 5.14. The number of non-ortho nitro benzene ring substituents is 1. The number of imide groups is 1. The summed E-state index contributed by atoms with van der Waals surface area (Å²) in [6.07, 6.45) is -0.0885. The van der Waals surface area contributed by atoms with Crippen molar-refractivity contribution in [2.75, 3.05) is 6.61 Å². The highest BCUT2D eigenvalue weighted by Crippen LogP contribution is 2.36. The van der Waals surface area contributed by atoms with Gasteiger partial charge in [-0.25, -0.2) is 9.59 Å². The van der Waals surface area contributed by atoms with Crippen LogP contribution in [0.2, 0.25) is 0 Å². The zero-order chi connectivity index (χ0) is 22.5. The summed E-state index contributed by atoms with van der Waals surface area (Å²) in [5.74, 6) is -1.27. The van der Waals surface area contributed by atoms with Crippen LogP contribution < -0.4 is 5.32 Å². The first-order valence-corrected chi connectivity index (χ1v) is 9.62. The molecular formula is C22H21N3O6. The van der Waals surface area contributed by atoms with Gasteiger partial charge in [-0.1, -0.05) is 42.5 Å². The Balaban J connectivity index is 2.12. The van der Waals surface area contributed by atoms with Gasteiger partial charge in [0.25, 0.3) is 5.69 Å². The van der Waals surface area contributed by atoms with Gasteiger partial charge in [-0.3, -0.25) is 19.8 Å². The van der Waals surface area contributed by atoms with Crippen LogP contribution >= 0.6 is 0 Å². The van der Waals surface area contributed by atoms with Crippen LogP contribution in [0.5, 0.6) is 0 Å². The van der Waals surface area contributed by atoms with Crippen molar-refractivity contribution in [3.63, 3.8) is 0 Å². The average molecular weight is 423 g/mol. The number of benzene rings is 2. The van der Waals surface area contributed by atoms with Crippen LogP contribution in [0, 0.1) is 10.1 Å². The van der Waals surface area contributed by atoms with Gasteiger partial charge in [0.15, 0.2) is 0 Å². The van der Waals surface area contributed by atoms with Gasteiger partial charge in [-0.05, 0) is 25.0 Å². The van der Waals surface area contributed by atoms with Crippen molar-refractivity contribution in [3.05, 3.63) is 87.1 Å². The first kappa shape index (κ1) is 21.7. The summed E-state index contributed by atoms with van der Waals surface area (Å²) in [6, 6.07) is 12.5. The maximum atomic E-state index is 13.2. The van der Waals surface area contributed by atoms with E-state index in [-0.39, 0.29) is 35.5 Å². The molecule has 2 aromatic carbocycles. The molecule has 0 bridgehead atoms. The lowest BCUT2D eigenvalue weighted by atomic mass is 9.93. The second-order valence-corrected chi connectivity index (χ2v) is 6.87. The van der Waals surface area contributed by atoms with E-state index in [1.807, 2.05) is 0 Å². The van der Waals surface area contributed by atoms with Crippen LogP contribution in [0.4, 0.5) is 10.5 Å². The normalized spacial score (nSPS) is 16.0. The highest BCUT2D eigenvalue weighted by molar-refractivity contribution is 6.02. The van der Waals surface area contributed by atoms with Crippen molar-refractivity contribution >= 4 is 23.6 Å². The molecule has 0 aromatic heterocycles. The molecule has 3 amide bonds. The quantitative estimate of drug-likeness (QED) is 0.433. The second-order valence-electron chi connectivity index (χ2n) is 6.87. The molecule has 9 heteroatoms. The number of carbonyl (C=O) groups excluding carboxylic acids is 3. The number of nitro groups is 1. The highest BCUT2D eigenvalue weighted by atomic mass is 16.6. The number of carbonyl (C=O) groups is 3. The van der Waals surface area contributed by atoms with E-state index in [0.29, 0.717) is 5.56 Å². The van der Waals surface area contributed by atoms with Gasteiger partial charge in [0, 0.05) is 17.8 Å². The third kappa shape index (κ3) is 4.61. The maximum absolute atomic E-state index is 13.2. The maximum Gasteiger partial charge on any atom is 0.338 e. The molecule has 9 nitrogen and oxygen atoms in total. The number of ether oxygens (including phenoxy) is 1. The Hall–Kier alpha value is -4.01. The second kappa shape index (κ2) is 9.21. The lowest BCUT2D eigenvalue weighted by Crippen LogP contribution is -2.51. The number of urea groups is 1. The molecule has 31 heavy (non-hydrogen) atoms. The Kier molecular flexibility index (Phi) is 6.44. The highest BCUT2D eigenvalue weighted by Gasteiger charge is 2.42. The number of esters is 1. The van der Waals surface area contributed by atoms with E-state index in [9.17, 15) is 24.5 Å². The smallest absolute Gasteiger partial charge is 0.338 e. The van der Waals surface area contributed by atoms with Crippen LogP contribution in [0.25, 0.3) is 0 Å². The Bertz CT molecular complexity index is 1060. The van der Waals surface area contributed by atoms with Gasteiger partial charge in [0.1, 0.15) is 6.04 Å². The van der Waals surface area contributed by atoms with Crippen molar-refractivity contribution in [2.45, 2.75) is 26.3 Å². The topological polar surface area (TPSA) is 119 Å². The number of amides is 3. The van der Waals surface area contributed by atoms with Crippen molar-refractivity contribution < 1.29 is 24.0 Å². The molecule has 0 unspecified atom stereocenters. The third-order valence-corrected chi connectivity index (χ3v) is 4.81. The number of nitrogens with one attached hydrogen (secondary N) is 1. The zero-order valence-electron chi connectivity index (χ0n) is 17.0. The number of rotatable bonds is 6. The van der Waals surface area contributed by atoms with E-state index in [1.165, 1.54) is 31.2 Å². The van der Waals surface area contributed by atoms with Crippen molar-refractivity contribution in [2.24, 2.45) is 0 Å². The molecule has 1 N–H and O–H groups in total. The summed E-state index contributed by atoms with van der Waals surface area (Å²) in [4.78, 5) is 50.4. The minimum absolute atomic E-state index is 0.0448. The molecule has 0 radical (unpaired) electrons. The first-order chi connectivity index (χ1) is 14.8. The van der Waals surface area contributed by atoms with Crippen molar-refractivity contribution in [1.82, 2.24) is 10.2 Å². The lowest BCUT2D eigenvalue weighted by Gasteiger charge is -2.36. The van der Waals surface area contributed by atoms with E-state index in [2.05, 4.69) is 5.32 Å². The van der Waals surface area contributed by atoms with Crippen LogP contribution in [0.3, 0.4) is 0 Å². The minimum Gasteiger partial charge on any atom is -0.463 e. The van der Waals surface area contributed by atoms with E-state index in [4.69, 9.17) is 4.74 Å². The predicted octanol–water partition coefficient (Wildman–Crippen LogP) is 3.27. The fraction of sp³-hybridized carbons (Fsp3) is 0.227. The Morgan fingerprint density at radius 3 is 2.52 bits per heavy atom. The molecule has 1 atom stereocenters. The molecule has 2 aromatic rings. The van der Waals surface area contributed by atoms with Crippen LogP contribution in [0.1, 0.15) is 31.0 Å². The molecule has 0 saturated heterocycles. The number of hydrogen-bond donors (Lipinski definition) is 1. The van der Waals surface area contributed by atoms with E-state index < -0.39 is 28.9 Å². The van der Waals surface area contributed by atoms with E-state index in [1.54, 1.807) is 37.3 Å². The third-order valence-electron chi connectivity index (χ3n) is 4.81. The van der Waals surface area contributed by atoms with E-state index in [0.717, 1.165) is 4.90 Å². The van der Waals surface area contributed by atoms with Crippen LogP contribution in [-0.4, -0.2) is 34.3 Å². The zero-order valence-corrected chi connectivity index (χ0v) is 17.0. The van der Waals surface area contributed by atoms with Gasteiger partial charge in [-0.2, -0.15) is 0 Å². The average Bonchev–Trinajstić information content (AvgIpc) is 2.74. The number of hydrogen-bond acceptors (Lipinski definition) is 6. The Labute approximate surface area is 178 Å². The first-order valence-electron chi connectivity index (χ1n) is 9.62. The van der Waals surface area contributed by atoms with E-state index >= 15 is 0 Å². The van der Waals surface area contributed by atoms with Crippen molar-refractivity contribution in [1.29, 1.82) is 0 Å². The lowest BCUT2D eigenvalue weighted by molar-refractivity contribution is -0.384. The summed E-state index contributed by atoms with van der Waals surface area (Å²) in [5, 5.41) is 13.8. The standard InChI is InChI=1S/C22H21N3O6/c1-3-31-21(27)19-14(2)23-22(28)24(18(26)12-15-8-5-4-6-9-15)20(19)16-10-7-11-17(13-16)25(29)30/h4-11,13,20H,3,12H2,1-2H3,(H,23,28)/t20-/m1/s1. The molecule has 0 saturated carbocycles. The Morgan fingerprint density at radius 2 is 1.87 bits per heavy atom. The van der Waals surface area contributed by atoms with Gasteiger partial charge in [0.2, 0.25) is 5.91 Å². The van der Waals surface area contributed by atoms with Crippen LogP contribution in [0.15, 0.2) is 65.9 Å². The predicted molar refractivity (Wildman–Crippen MR) is 111 cm³/mol. The number of allylic oxidation sites excluding steroid dienone is 1. The largest absolute Gasteiger partial charge is 0.463 e. The SMILES string of the molecule is CCOC(=O)C1=C(C)NC(=O)N(C(=O)Cc2ccccc2)[C@@H]1c1cccc([N+](=O)[O-])c1. The molecule has 1 aliphatic heterocycles.